The summed E-state index contributed by atoms with van der Waals surface area (Å²) in [5, 5.41) is 0.605. The quantitative estimate of drug-likeness (QED) is 0.626. The van der Waals surface area contributed by atoms with Gasteiger partial charge in [-0.25, -0.2) is 9.18 Å². The van der Waals surface area contributed by atoms with Crippen LogP contribution in [0.3, 0.4) is 0 Å². The molecule has 0 saturated carbocycles. The summed E-state index contributed by atoms with van der Waals surface area (Å²) in [6, 6.07) is 9.31. The van der Waals surface area contributed by atoms with Crippen molar-refractivity contribution in [1.82, 2.24) is 10.9 Å². The van der Waals surface area contributed by atoms with Gasteiger partial charge in [0.25, 0.3) is 11.8 Å². The number of nitrogens with one attached hydrogen (secondary N) is 2. The van der Waals surface area contributed by atoms with Crippen molar-refractivity contribution in [3.05, 3.63) is 69.5 Å². The van der Waals surface area contributed by atoms with Crippen LogP contribution in [0.4, 0.5) is 4.39 Å². The van der Waals surface area contributed by atoms with Crippen LogP contribution < -0.4 is 10.9 Å². The molecule has 0 aliphatic carbocycles. The lowest BCUT2D eigenvalue weighted by Gasteiger charge is -2.08. The fraction of sp³-hybridized carbons (Fsp3) is 0.0625. The minimum Gasteiger partial charge on any atom is -0.452 e. The van der Waals surface area contributed by atoms with Crippen molar-refractivity contribution in [2.24, 2.45) is 0 Å². The van der Waals surface area contributed by atoms with Gasteiger partial charge in [-0.05, 0) is 42.5 Å². The monoisotopic (exact) mass is 384 g/mol. The number of carbonyl (C=O) groups is 3. The van der Waals surface area contributed by atoms with Crippen molar-refractivity contribution in [1.29, 1.82) is 0 Å². The molecule has 0 spiro atoms. The Morgan fingerprint density at radius 1 is 0.960 bits per heavy atom. The number of esters is 1. The molecule has 25 heavy (non-hydrogen) atoms. The first-order chi connectivity index (χ1) is 11.9. The number of ether oxygens (including phenoxy) is 1. The van der Waals surface area contributed by atoms with Gasteiger partial charge in [-0.3, -0.25) is 20.4 Å². The lowest BCUT2D eigenvalue weighted by molar-refractivity contribution is -0.125. The lowest BCUT2D eigenvalue weighted by Crippen LogP contribution is -2.43. The molecule has 9 heteroatoms. The van der Waals surface area contributed by atoms with Crippen molar-refractivity contribution in [3.63, 3.8) is 0 Å². The van der Waals surface area contributed by atoms with Crippen LogP contribution in [-0.4, -0.2) is 24.4 Å². The van der Waals surface area contributed by atoms with Crippen LogP contribution in [0.2, 0.25) is 10.0 Å². The Kier molecular flexibility index (Phi) is 6.32. The minimum atomic E-state index is -1.06. The van der Waals surface area contributed by atoms with E-state index in [0.717, 1.165) is 12.1 Å². The number of carbonyl (C=O) groups excluding carboxylic acids is 3. The van der Waals surface area contributed by atoms with Gasteiger partial charge in [0.05, 0.1) is 5.56 Å². The molecule has 130 valence electrons. The average molecular weight is 385 g/mol. The highest BCUT2D eigenvalue weighted by molar-refractivity contribution is 6.31. The molecule has 2 aromatic rings. The average Bonchev–Trinajstić information content (AvgIpc) is 2.60. The Hall–Kier alpha value is -2.64. The molecule has 6 nitrogen and oxygen atoms in total. The molecule has 0 fully saturated rings. The van der Waals surface area contributed by atoms with Crippen molar-refractivity contribution < 1.29 is 23.5 Å². The largest absolute Gasteiger partial charge is 0.452 e. The maximum atomic E-state index is 13.5. The Bertz CT molecular complexity index is 812. The maximum Gasteiger partial charge on any atom is 0.341 e. The molecule has 0 aliphatic rings. The smallest absolute Gasteiger partial charge is 0.341 e. The van der Waals surface area contributed by atoms with Gasteiger partial charge in [0, 0.05) is 15.6 Å². The number of amides is 2. The fourth-order valence-electron chi connectivity index (χ4n) is 1.70. The van der Waals surface area contributed by atoms with E-state index in [1.165, 1.54) is 30.3 Å². The molecule has 0 unspecified atom stereocenters. The van der Waals surface area contributed by atoms with Gasteiger partial charge in [0.15, 0.2) is 6.61 Å². The van der Waals surface area contributed by atoms with Gasteiger partial charge in [0.2, 0.25) is 0 Å². The molecule has 0 radical (unpaired) electrons. The predicted octanol–water partition coefficient (Wildman–Crippen LogP) is 2.75. The summed E-state index contributed by atoms with van der Waals surface area (Å²) in [5.74, 6) is -3.28. The van der Waals surface area contributed by atoms with Gasteiger partial charge in [-0.2, -0.15) is 0 Å². The summed E-state index contributed by atoms with van der Waals surface area (Å²) in [7, 11) is 0. The van der Waals surface area contributed by atoms with Crippen molar-refractivity contribution in [2.75, 3.05) is 6.61 Å². The third-order valence-electron chi connectivity index (χ3n) is 2.90. The molecule has 2 rings (SSSR count). The van der Waals surface area contributed by atoms with E-state index in [4.69, 9.17) is 23.2 Å². The molecule has 0 heterocycles. The highest BCUT2D eigenvalue weighted by Crippen LogP contribution is 2.15. The third-order valence-corrected chi connectivity index (χ3v) is 3.39. The van der Waals surface area contributed by atoms with Crippen LogP contribution in [0.1, 0.15) is 20.7 Å². The summed E-state index contributed by atoms with van der Waals surface area (Å²) >= 11 is 11.4. The van der Waals surface area contributed by atoms with E-state index in [2.05, 4.69) is 15.6 Å². The van der Waals surface area contributed by atoms with Crippen LogP contribution >= 0.6 is 23.2 Å². The number of rotatable bonds is 4. The summed E-state index contributed by atoms with van der Waals surface area (Å²) in [6.45, 7) is -0.717. The zero-order valence-electron chi connectivity index (χ0n) is 12.5. The topological polar surface area (TPSA) is 84.5 Å². The van der Waals surface area contributed by atoms with Crippen molar-refractivity contribution >= 4 is 41.0 Å². The lowest BCUT2D eigenvalue weighted by atomic mass is 10.2. The molecule has 0 bridgehead atoms. The Morgan fingerprint density at radius 3 is 2.28 bits per heavy atom. The molecule has 0 atom stereocenters. The normalized spacial score (nSPS) is 10.0. The maximum absolute atomic E-state index is 13.5. The summed E-state index contributed by atoms with van der Waals surface area (Å²) in [5.41, 5.74) is 4.06. The molecule has 2 amide bonds. The number of hydrogen-bond donors (Lipinski definition) is 2. The molecule has 0 saturated heterocycles. The van der Waals surface area contributed by atoms with Gasteiger partial charge < -0.3 is 4.74 Å². The van der Waals surface area contributed by atoms with E-state index in [9.17, 15) is 18.8 Å². The van der Waals surface area contributed by atoms with Crippen LogP contribution in [0, 0.1) is 5.82 Å². The van der Waals surface area contributed by atoms with Gasteiger partial charge in [-0.1, -0.05) is 23.2 Å². The van der Waals surface area contributed by atoms with Crippen molar-refractivity contribution in [3.8, 4) is 0 Å². The van der Waals surface area contributed by atoms with Crippen LogP contribution in [0.15, 0.2) is 42.5 Å². The van der Waals surface area contributed by atoms with Crippen LogP contribution in [-0.2, 0) is 9.53 Å². The second-order valence-electron chi connectivity index (χ2n) is 4.71. The molecule has 2 aromatic carbocycles. The third kappa shape index (κ3) is 5.44. The molecule has 0 aromatic heterocycles. The highest BCUT2D eigenvalue weighted by atomic mass is 35.5. The second kappa shape index (κ2) is 8.46. The summed E-state index contributed by atoms with van der Waals surface area (Å²) < 4.78 is 18.1. The van der Waals surface area contributed by atoms with Gasteiger partial charge >= 0.3 is 5.97 Å². The Balaban J connectivity index is 1.82. The van der Waals surface area contributed by atoms with E-state index >= 15 is 0 Å². The van der Waals surface area contributed by atoms with Crippen molar-refractivity contribution in [2.45, 2.75) is 0 Å². The molecular weight excluding hydrogens is 374 g/mol. The zero-order valence-corrected chi connectivity index (χ0v) is 14.0. The second-order valence-corrected chi connectivity index (χ2v) is 5.58. The Morgan fingerprint density at radius 2 is 1.60 bits per heavy atom. The fourth-order valence-corrected chi connectivity index (χ4v) is 2.00. The number of halogens is 3. The van der Waals surface area contributed by atoms with Gasteiger partial charge in [0.1, 0.15) is 5.82 Å². The first-order valence-electron chi connectivity index (χ1n) is 6.84. The predicted molar refractivity (Wildman–Crippen MR) is 88.8 cm³/mol. The molecular formula is C16H11Cl2FN2O4. The van der Waals surface area contributed by atoms with E-state index in [1.807, 2.05) is 0 Å². The highest BCUT2D eigenvalue weighted by Gasteiger charge is 2.16. The summed E-state index contributed by atoms with van der Waals surface area (Å²) in [4.78, 5) is 35.1. The van der Waals surface area contributed by atoms with Crippen LogP contribution in [0.5, 0.6) is 0 Å². The minimum absolute atomic E-state index is 0.146. The van der Waals surface area contributed by atoms with E-state index in [0.29, 0.717) is 5.02 Å². The molecule has 2 N–H and O–H groups in total. The van der Waals surface area contributed by atoms with E-state index < -0.39 is 35.8 Å². The number of benzene rings is 2. The van der Waals surface area contributed by atoms with Crippen LogP contribution in [0.25, 0.3) is 0 Å². The SMILES string of the molecule is O=C(COC(=O)c1cc(Cl)ccc1F)NNC(=O)c1ccc(Cl)cc1. The van der Waals surface area contributed by atoms with Gasteiger partial charge in [-0.15, -0.1) is 0 Å². The van der Waals surface area contributed by atoms with E-state index in [-0.39, 0.29) is 10.6 Å². The first kappa shape index (κ1) is 18.7. The van der Waals surface area contributed by atoms with E-state index in [1.54, 1.807) is 0 Å². The number of hydrogen-bond acceptors (Lipinski definition) is 4. The summed E-state index contributed by atoms with van der Waals surface area (Å²) in [6.07, 6.45) is 0. The molecule has 0 aliphatic heterocycles. The standard InChI is InChI=1S/C16H11Cl2FN2O4/c17-10-3-1-9(2-4-10)15(23)21-20-14(22)8-25-16(24)12-7-11(18)5-6-13(12)19/h1-7H,8H2,(H,20,22)(H,21,23). The first-order valence-corrected chi connectivity index (χ1v) is 7.59. The Labute approximate surface area is 151 Å². The number of hydrazine groups is 1. The zero-order chi connectivity index (χ0) is 18.4.